The van der Waals surface area contributed by atoms with Gasteiger partial charge in [0.25, 0.3) is 5.91 Å². The number of aryl methyl sites for hydroxylation is 2. The fourth-order valence-corrected chi connectivity index (χ4v) is 5.29. The van der Waals surface area contributed by atoms with Crippen LogP contribution in [0.3, 0.4) is 0 Å². The fraction of sp³-hybridized carbons (Fsp3) is 0.385. The molecule has 6 heteroatoms. The Morgan fingerprint density at radius 1 is 1.12 bits per heavy atom. The van der Waals surface area contributed by atoms with Crippen LogP contribution >= 0.6 is 0 Å². The van der Waals surface area contributed by atoms with Crippen molar-refractivity contribution in [2.24, 2.45) is 0 Å². The molecule has 0 unspecified atom stereocenters. The number of ether oxygens (including phenoxy) is 1. The van der Waals surface area contributed by atoms with E-state index in [0.717, 1.165) is 43.9 Å². The number of amides is 1. The summed E-state index contributed by atoms with van der Waals surface area (Å²) in [6, 6.07) is 16.7. The Morgan fingerprint density at radius 3 is 2.53 bits per heavy atom. The quantitative estimate of drug-likeness (QED) is 0.609. The van der Waals surface area contributed by atoms with E-state index in [4.69, 9.17) is 9.26 Å². The number of rotatable bonds is 4. The third-order valence-electron chi connectivity index (χ3n) is 7.08. The Kier molecular flexibility index (Phi) is 5.25. The molecule has 2 aliphatic heterocycles. The minimum atomic E-state index is -0.0638. The van der Waals surface area contributed by atoms with Crippen LogP contribution in [0.5, 0.6) is 5.75 Å². The van der Waals surface area contributed by atoms with Crippen LogP contribution in [0.4, 0.5) is 5.69 Å². The molecule has 0 radical (unpaired) electrons. The van der Waals surface area contributed by atoms with Crippen LogP contribution in [0.25, 0.3) is 0 Å². The van der Waals surface area contributed by atoms with Gasteiger partial charge in [0, 0.05) is 24.2 Å². The van der Waals surface area contributed by atoms with E-state index >= 15 is 0 Å². The molecule has 1 aromatic heterocycles. The fourth-order valence-electron chi connectivity index (χ4n) is 5.29. The summed E-state index contributed by atoms with van der Waals surface area (Å²) >= 11 is 0. The monoisotopic (exact) mass is 431 g/mol. The molecule has 1 saturated heterocycles. The van der Waals surface area contributed by atoms with Crippen LogP contribution in [0.1, 0.15) is 45.8 Å². The molecule has 5 rings (SSSR count). The van der Waals surface area contributed by atoms with Gasteiger partial charge >= 0.3 is 0 Å². The number of piperidine rings is 1. The first-order chi connectivity index (χ1) is 15.5. The predicted octanol–water partition coefficient (Wildman–Crippen LogP) is 4.49. The van der Waals surface area contributed by atoms with Crippen molar-refractivity contribution < 1.29 is 14.1 Å². The lowest BCUT2D eigenvalue weighted by Gasteiger charge is -2.40. The smallest absolute Gasteiger partial charge is 0.263 e. The zero-order chi connectivity index (χ0) is 22.3. The SMILES string of the molecule is COc1ccc2c(c1)C1(CCN(Cc3ccccc3)CC1)CN2C(=O)c1c(C)noc1C. The Balaban J connectivity index is 1.43. The molecule has 0 aliphatic carbocycles. The zero-order valence-electron chi connectivity index (χ0n) is 18.9. The van der Waals surface area contributed by atoms with Crippen LogP contribution in [0.2, 0.25) is 0 Å². The molecular formula is C26H29N3O3. The summed E-state index contributed by atoms with van der Waals surface area (Å²) in [4.78, 5) is 18.0. The van der Waals surface area contributed by atoms with Gasteiger partial charge in [-0.25, -0.2) is 0 Å². The van der Waals surface area contributed by atoms with E-state index in [-0.39, 0.29) is 11.3 Å². The summed E-state index contributed by atoms with van der Waals surface area (Å²) < 4.78 is 10.8. The van der Waals surface area contributed by atoms with Crippen LogP contribution in [0, 0.1) is 13.8 Å². The topological polar surface area (TPSA) is 58.8 Å². The molecule has 2 aromatic carbocycles. The summed E-state index contributed by atoms with van der Waals surface area (Å²) in [5.41, 5.74) is 4.69. The molecule has 6 nitrogen and oxygen atoms in total. The number of carbonyl (C=O) groups is 1. The van der Waals surface area contributed by atoms with Gasteiger partial charge in [0.15, 0.2) is 0 Å². The molecule has 1 amide bonds. The van der Waals surface area contributed by atoms with E-state index in [2.05, 4.69) is 46.5 Å². The van der Waals surface area contributed by atoms with Crippen molar-refractivity contribution in [3.8, 4) is 5.75 Å². The molecule has 3 aromatic rings. The molecule has 2 aliphatic rings. The van der Waals surface area contributed by atoms with Crippen LogP contribution in [0.15, 0.2) is 53.1 Å². The normalized spacial score (nSPS) is 17.5. The van der Waals surface area contributed by atoms with Crippen LogP contribution in [-0.2, 0) is 12.0 Å². The highest BCUT2D eigenvalue weighted by molar-refractivity contribution is 6.09. The molecular weight excluding hydrogens is 402 g/mol. The lowest BCUT2D eigenvalue weighted by atomic mass is 9.74. The number of hydrogen-bond donors (Lipinski definition) is 0. The molecule has 1 spiro atoms. The first-order valence-electron chi connectivity index (χ1n) is 11.2. The van der Waals surface area contributed by atoms with Crippen molar-refractivity contribution in [3.05, 3.63) is 76.7 Å². The van der Waals surface area contributed by atoms with Gasteiger partial charge in [0.2, 0.25) is 0 Å². The first kappa shape index (κ1) is 20.8. The Morgan fingerprint density at radius 2 is 1.88 bits per heavy atom. The highest BCUT2D eigenvalue weighted by atomic mass is 16.5. The van der Waals surface area contributed by atoms with E-state index < -0.39 is 0 Å². The second-order valence-corrected chi connectivity index (χ2v) is 9.02. The molecule has 166 valence electrons. The van der Waals surface area contributed by atoms with E-state index in [0.29, 0.717) is 23.6 Å². The number of aromatic nitrogens is 1. The average Bonchev–Trinajstić information content (AvgIpc) is 3.32. The van der Waals surface area contributed by atoms with Gasteiger partial charge in [-0.3, -0.25) is 9.69 Å². The number of benzene rings is 2. The highest BCUT2D eigenvalue weighted by Crippen LogP contribution is 2.49. The lowest BCUT2D eigenvalue weighted by Crippen LogP contribution is -2.45. The van der Waals surface area contributed by atoms with Crippen molar-refractivity contribution in [2.75, 3.05) is 31.6 Å². The van der Waals surface area contributed by atoms with Crippen molar-refractivity contribution >= 4 is 11.6 Å². The number of nitrogens with zero attached hydrogens (tertiary/aromatic N) is 3. The number of methoxy groups -OCH3 is 1. The lowest BCUT2D eigenvalue weighted by molar-refractivity contribution is 0.0973. The number of carbonyl (C=O) groups excluding carboxylic acids is 1. The van der Waals surface area contributed by atoms with Gasteiger partial charge in [-0.2, -0.15) is 0 Å². The minimum absolute atomic E-state index is 0.0312. The Bertz CT molecular complexity index is 1110. The average molecular weight is 432 g/mol. The van der Waals surface area contributed by atoms with Gasteiger partial charge in [0.05, 0.1) is 12.8 Å². The van der Waals surface area contributed by atoms with Crippen molar-refractivity contribution in [2.45, 2.75) is 38.6 Å². The first-order valence-corrected chi connectivity index (χ1v) is 11.2. The van der Waals surface area contributed by atoms with Crippen LogP contribution < -0.4 is 9.64 Å². The largest absolute Gasteiger partial charge is 0.497 e. The summed E-state index contributed by atoms with van der Waals surface area (Å²) in [5.74, 6) is 1.37. The van der Waals surface area contributed by atoms with Crippen LogP contribution in [-0.4, -0.2) is 42.7 Å². The number of fused-ring (bicyclic) bond motifs is 2. The molecule has 1 fully saturated rings. The maximum Gasteiger partial charge on any atom is 0.263 e. The third kappa shape index (κ3) is 3.48. The van der Waals surface area contributed by atoms with E-state index in [1.54, 1.807) is 14.0 Å². The highest BCUT2D eigenvalue weighted by Gasteiger charge is 2.47. The summed E-state index contributed by atoms with van der Waals surface area (Å²) in [6.45, 7) is 7.27. The Labute approximate surface area is 188 Å². The summed E-state index contributed by atoms with van der Waals surface area (Å²) in [7, 11) is 1.69. The standard InChI is InChI=1S/C26H29N3O3/c1-18-24(19(2)32-27-18)25(30)29-17-26(22-15-21(31-3)9-10-23(22)29)11-13-28(14-12-26)16-20-7-5-4-6-8-20/h4-10,15H,11-14,16-17H2,1-3H3. The van der Waals surface area contributed by atoms with E-state index in [9.17, 15) is 4.79 Å². The van der Waals surface area contributed by atoms with Crippen molar-refractivity contribution in [1.29, 1.82) is 0 Å². The van der Waals surface area contributed by atoms with Gasteiger partial charge in [-0.05, 0) is 69.1 Å². The predicted molar refractivity (Wildman–Crippen MR) is 123 cm³/mol. The van der Waals surface area contributed by atoms with Gasteiger partial charge < -0.3 is 14.2 Å². The summed E-state index contributed by atoms with van der Waals surface area (Å²) in [5, 5.41) is 4.00. The van der Waals surface area contributed by atoms with Crippen molar-refractivity contribution in [3.63, 3.8) is 0 Å². The molecule has 0 N–H and O–H groups in total. The van der Waals surface area contributed by atoms with E-state index in [1.165, 1.54) is 11.1 Å². The van der Waals surface area contributed by atoms with Gasteiger partial charge in [-0.15, -0.1) is 0 Å². The minimum Gasteiger partial charge on any atom is -0.497 e. The molecule has 0 bridgehead atoms. The third-order valence-corrected chi connectivity index (χ3v) is 7.08. The van der Waals surface area contributed by atoms with Crippen molar-refractivity contribution in [1.82, 2.24) is 10.1 Å². The Hall–Kier alpha value is -3.12. The second-order valence-electron chi connectivity index (χ2n) is 9.02. The maximum atomic E-state index is 13.6. The van der Waals surface area contributed by atoms with E-state index in [1.807, 2.05) is 24.0 Å². The number of likely N-dealkylation sites (tertiary alicyclic amines) is 1. The van der Waals surface area contributed by atoms with Gasteiger partial charge in [0.1, 0.15) is 17.1 Å². The molecule has 3 heterocycles. The number of hydrogen-bond acceptors (Lipinski definition) is 5. The molecule has 0 atom stereocenters. The zero-order valence-corrected chi connectivity index (χ0v) is 18.9. The second kappa shape index (κ2) is 8.10. The number of anilines is 1. The van der Waals surface area contributed by atoms with Gasteiger partial charge in [-0.1, -0.05) is 35.5 Å². The molecule has 0 saturated carbocycles. The maximum absolute atomic E-state index is 13.6. The summed E-state index contributed by atoms with van der Waals surface area (Å²) in [6.07, 6.45) is 2.01. The molecule has 32 heavy (non-hydrogen) atoms.